The number of piperazine rings is 1. The molecule has 1 aliphatic heterocycles. The molecule has 1 heterocycles. The maximum absolute atomic E-state index is 12.7. The Labute approximate surface area is 165 Å². The van der Waals surface area contributed by atoms with Crippen LogP contribution in [-0.4, -0.2) is 44.2 Å². The van der Waals surface area contributed by atoms with E-state index < -0.39 is 0 Å². The van der Waals surface area contributed by atoms with Gasteiger partial charge >= 0.3 is 6.03 Å². The standard InChI is InChI=1S/C21H26ClN3O2/c1-14-11-15(2)20(16(3)12-14)24-7-9-25(10-8-24)21(26)23-18-13-17(22)5-6-19(18)27-4/h5-6,11-13H,7-10H2,1-4H3,(H,23,26). The van der Waals surface area contributed by atoms with Gasteiger partial charge in [0.1, 0.15) is 5.75 Å². The summed E-state index contributed by atoms with van der Waals surface area (Å²) >= 11 is 6.04. The van der Waals surface area contributed by atoms with Gasteiger partial charge in [0.15, 0.2) is 0 Å². The minimum atomic E-state index is -0.132. The van der Waals surface area contributed by atoms with E-state index in [0.29, 0.717) is 29.5 Å². The molecule has 1 N–H and O–H groups in total. The number of nitrogens with one attached hydrogen (secondary N) is 1. The van der Waals surface area contributed by atoms with Gasteiger partial charge in [-0.05, 0) is 50.1 Å². The molecule has 0 aromatic heterocycles. The Balaban J connectivity index is 1.66. The first-order chi connectivity index (χ1) is 12.9. The zero-order chi connectivity index (χ0) is 19.6. The van der Waals surface area contributed by atoms with Crippen molar-refractivity contribution in [1.29, 1.82) is 0 Å². The van der Waals surface area contributed by atoms with Crippen molar-refractivity contribution in [1.82, 2.24) is 4.90 Å². The number of rotatable bonds is 3. The molecule has 5 nitrogen and oxygen atoms in total. The Kier molecular flexibility index (Phi) is 5.80. The van der Waals surface area contributed by atoms with Gasteiger partial charge in [-0.2, -0.15) is 0 Å². The van der Waals surface area contributed by atoms with E-state index >= 15 is 0 Å². The third-order valence-corrected chi connectivity index (χ3v) is 5.16. The van der Waals surface area contributed by atoms with Crippen LogP contribution in [0.2, 0.25) is 5.02 Å². The van der Waals surface area contributed by atoms with Crippen molar-refractivity contribution in [2.75, 3.05) is 43.5 Å². The summed E-state index contributed by atoms with van der Waals surface area (Å²) in [6.45, 7) is 9.38. The lowest BCUT2D eigenvalue weighted by Crippen LogP contribution is -2.50. The van der Waals surface area contributed by atoms with Crippen LogP contribution in [-0.2, 0) is 0 Å². The number of methoxy groups -OCH3 is 1. The fourth-order valence-corrected chi connectivity index (χ4v) is 3.95. The van der Waals surface area contributed by atoms with Gasteiger partial charge < -0.3 is 19.9 Å². The maximum Gasteiger partial charge on any atom is 0.322 e. The van der Waals surface area contributed by atoms with Crippen molar-refractivity contribution >= 4 is 29.0 Å². The van der Waals surface area contributed by atoms with Crippen molar-refractivity contribution in [2.24, 2.45) is 0 Å². The van der Waals surface area contributed by atoms with E-state index in [4.69, 9.17) is 16.3 Å². The van der Waals surface area contributed by atoms with Crippen molar-refractivity contribution in [2.45, 2.75) is 20.8 Å². The number of hydrogen-bond donors (Lipinski definition) is 1. The van der Waals surface area contributed by atoms with Crippen LogP contribution in [0.3, 0.4) is 0 Å². The van der Waals surface area contributed by atoms with E-state index in [2.05, 4.69) is 43.1 Å². The van der Waals surface area contributed by atoms with E-state index in [0.717, 1.165) is 13.1 Å². The predicted molar refractivity (Wildman–Crippen MR) is 111 cm³/mol. The normalized spacial score (nSPS) is 14.3. The number of hydrogen-bond acceptors (Lipinski definition) is 3. The second-order valence-corrected chi connectivity index (χ2v) is 7.43. The van der Waals surface area contributed by atoms with E-state index in [1.807, 2.05) is 4.90 Å². The summed E-state index contributed by atoms with van der Waals surface area (Å²) in [5, 5.41) is 3.47. The molecule has 0 unspecified atom stereocenters. The third-order valence-electron chi connectivity index (χ3n) is 4.92. The highest BCUT2D eigenvalue weighted by Gasteiger charge is 2.23. The molecule has 27 heavy (non-hydrogen) atoms. The molecular weight excluding hydrogens is 362 g/mol. The van der Waals surface area contributed by atoms with E-state index in [1.54, 1.807) is 25.3 Å². The Morgan fingerprint density at radius 2 is 1.67 bits per heavy atom. The summed E-state index contributed by atoms with van der Waals surface area (Å²) in [6, 6.07) is 9.49. The van der Waals surface area contributed by atoms with Gasteiger partial charge in [-0.1, -0.05) is 29.3 Å². The Bertz CT molecular complexity index is 822. The molecule has 2 aromatic carbocycles. The number of aryl methyl sites for hydroxylation is 3. The summed E-state index contributed by atoms with van der Waals surface area (Å²) in [6.07, 6.45) is 0. The highest BCUT2D eigenvalue weighted by atomic mass is 35.5. The Morgan fingerprint density at radius 1 is 1.04 bits per heavy atom. The second-order valence-electron chi connectivity index (χ2n) is 7.00. The van der Waals surface area contributed by atoms with Gasteiger partial charge in [-0.25, -0.2) is 4.79 Å². The average Bonchev–Trinajstić information content (AvgIpc) is 2.61. The summed E-state index contributed by atoms with van der Waals surface area (Å²) in [4.78, 5) is 16.9. The first kappa shape index (κ1) is 19.4. The molecule has 2 amide bonds. The van der Waals surface area contributed by atoms with Gasteiger partial charge in [-0.15, -0.1) is 0 Å². The number of amides is 2. The molecule has 0 aliphatic carbocycles. The van der Waals surface area contributed by atoms with Gasteiger partial charge in [0.05, 0.1) is 12.8 Å². The number of nitrogens with zero attached hydrogens (tertiary/aromatic N) is 2. The third kappa shape index (κ3) is 4.30. The summed E-state index contributed by atoms with van der Waals surface area (Å²) < 4.78 is 5.30. The maximum atomic E-state index is 12.7. The molecule has 0 bridgehead atoms. The average molecular weight is 388 g/mol. The van der Waals surface area contributed by atoms with Crippen LogP contribution in [0.5, 0.6) is 5.75 Å². The fraction of sp³-hybridized carbons (Fsp3) is 0.381. The van der Waals surface area contributed by atoms with Crippen LogP contribution >= 0.6 is 11.6 Å². The molecule has 0 spiro atoms. The number of carbonyl (C=O) groups excluding carboxylic acids is 1. The van der Waals surface area contributed by atoms with Gasteiger partial charge in [-0.3, -0.25) is 0 Å². The number of benzene rings is 2. The molecule has 0 atom stereocenters. The Hall–Kier alpha value is -2.40. The molecular formula is C21H26ClN3O2. The van der Waals surface area contributed by atoms with Crippen molar-refractivity contribution in [3.8, 4) is 5.75 Å². The smallest absolute Gasteiger partial charge is 0.322 e. The molecule has 0 radical (unpaired) electrons. The topological polar surface area (TPSA) is 44.8 Å². The van der Waals surface area contributed by atoms with Gasteiger partial charge in [0, 0.05) is 36.9 Å². The SMILES string of the molecule is COc1ccc(Cl)cc1NC(=O)N1CCN(c2c(C)cc(C)cc2C)CC1. The van der Waals surface area contributed by atoms with Crippen LogP contribution in [0.4, 0.5) is 16.2 Å². The largest absolute Gasteiger partial charge is 0.495 e. The Morgan fingerprint density at radius 3 is 2.26 bits per heavy atom. The van der Waals surface area contributed by atoms with Crippen LogP contribution in [0.1, 0.15) is 16.7 Å². The lowest BCUT2D eigenvalue weighted by atomic mass is 10.0. The van der Waals surface area contributed by atoms with Crippen molar-refractivity contribution in [3.05, 3.63) is 52.0 Å². The molecule has 1 saturated heterocycles. The number of halogens is 1. The number of carbonyl (C=O) groups is 1. The lowest BCUT2D eigenvalue weighted by molar-refractivity contribution is 0.208. The highest BCUT2D eigenvalue weighted by molar-refractivity contribution is 6.31. The van der Waals surface area contributed by atoms with Crippen molar-refractivity contribution in [3.63, 3.8) is 0 Å². The van der Waals surface area contributed by atoms with Gasteiger partial charge in [0.2, 0.25) is 0 Å². The van der Waals surface area contributed by atoms with Crippen LogP contribution in [0.25, 0.3) is 0 Å². The van der Waals surface area contributed by atoms with E-state index in [1.165, 1.54) is 22.4 Å². The number of anilines is 2. The van der Waals surface area contributed by atoms with Crippen molar-refractivity contribution < 1.29 is 9.53 Å². The minimum Gasteiger partial charge on any atom is -0.495 e. The summed E-state index contributed by atoms with van der Waals surface area (Å²) in [5.41, 5.74) is 5.73. The van der Waals surface area contributed by atoms with Crippen LogP contribution in [0.15, 0.2) is 30.3 Å². The second kappa shape index (κ2) is 8.09. The molecule has 1 fully saturated rings. The quantitative estimate of drug-likeness (QED) is 0.835. The first-order valence-electron chi connectivity index (χ1n) is 9.11. The highest BCUT2D eigenvalue weighted by Crippen LogP contribution is 2.29. The summed E-state index contributed by atoms with van der Waals surface area (Å²) in [7, 11) is 1.57. The van der Waals surface area contributed by atoms with E-state index in [9.17, 15) is 4.79 Å². The molecule has 144 valence electrons. The fourth-order valence-electron chi connectivity index (χ4n) is 3.78. The zero-order valence-corrected chi connectivity index (χ0v) is 17.1. The van der Waals surface area contributed by atoms with Crippen LogP contribution in [0, 0.1) is 20.8 Å². The number of ether oxygens (including phenoxy) is 1. The molecule has 2 aromatic rings. The van der Waals surface area contributed by atoms with Crippen LogP contribution < -0.4 is 15.0 Å². The van der Waals surface area contributed by atoms with E-state index in [-0.39, 0.29) is 6.03 Å². The molecule has 3 rings (SSSR count). The first-order valence-corrected chi connectivity index (χ1v) is 9.49. The molecule has 0 saturated carbocycles. The molecule has 6 heteroatoms. The number of urea groups is 1. The summed E-state index contributed by atoms with van der Waals surface area (Å²) in [5.74, 6) is 0.595. The monoisotopic (exact) mass is 387 g/mol. The van der Waals surface area contributed by atoms with Gasteiger partial charge in [0.25, 0.3) is 0 Å². The minimum absolute atomic E-state index is 0.132. The lowest BCUT2D eigenvalue weighted by Gasteiger charge is -2.37. The predicted octanol–water partition coefficient (Wildman–Crippen LogP) is 4.63. The molecule has 1 aliphatic rings. The zero-order valence-electron chi connectivity index (χ0n) is 16.3.